The largest absolute Gasteiger partial charge is 0.379 e. The van der Waals surface area contributed by atoms with Gasteiger partial charge in [-0.15, -0.1) is 0 Å². The Morgan fingerprint density at radius 2 is 1.32 bits per heavy atom. The molecule has 8 nitrogen and oxygen atoms in total. The summed E-state index contributed by atoms with van der Waals surface area (Å²) in [6.07, 6.45) is 0. The van der Waals surface area contributed by atoms with Crippen molar-refractivity contribution in [3.63, 3.8) is 0 Å². The second-order valence-electron chi connectivity index (χ2n) is 10.3. The van der Waals surface area contributed by atoms with Crippen molar-refractivity contribution < 1.29 is 22.7 Å². The summed E-state index contributed by atoms with van der Waals surface area (Å²) in [6, 6.07) is 20.9. The normalized spacial score (nSPS) is 14.6. The highest BCUT2D eigenvalue weighted by Gasteiger charge is 2.24. The molecule has 1 heterocycles. The van der Waals surface area contributed by atoms with Crippen LogP contribution in [0.1, 0.15) is 52.6 Å². The molecule has 1 aliphatic heterocycles. The molecule has 0 unspecified atom stereocenters. The highest BCUT2D eigenvalue weighted by Crippen LogP contribution is 2.23. The molecule has 3 aromatic carbocycles. The maximum absolute atomic E-state index is 12.8. The quantitative estimate of drug-likeness (QED) is 0.458. The molecule has 1 fully saturated rings. The van der Waals surface area contributed by atoms with Gasteiger partial charge >= 0.3 is 0 Å². The first-order valence-corrected chi connectivity index (χ1v) is 14.1. The summed E-state index contributed by atoms with van der Waals surface area (Å²) in [7, 11) is -3.44. The zero-order chi connectivity index (χ0) is 27.3. The van der Waals surface area contributed by atoms with E-state index in [4.69, 9.17) is 4.74 Å². The van der Waals surface area contributed by atoms with E-state index >= 15 is 0 Å². The molecule has 200 valence electrons. The molecule has 2 N–H and O–H groups in total. The first-order valence-electron chi connectivity index (χ1n) is 12.5. The molecule has 0 spiro atoms. The van der Waals surface area contributed by atoms with E-state index in [1.807, 2.05) is 12.1 Å². The van der Waals surface area contributed by atoms with Gasteiger partial charge < -0.3 is 15.4 Å². The molecule has 0 aromatic heterocycles. The molecule has 0 atom stereocenters. The van der Waals surface area contributed by atoms with Crippen LogP contribution in [0.2, 0.25) is 0 Å². The van der Waals surface area contributed by atoms with Gasteiger partial charge in [0, 0.05) is 35.6 Å². The van der Waals surface area contributed by atoms with Crippen LogP contribution >= 0.6 is 0 Å². The van der Waals surface area contributed by atoms with Gasteiger partial charge in [-0.1, -0.05) is 51.1 Å². The van der Waals surface area contributed by atoms with Crippen molar-refractivity contribution in [1.29, 1.82) is 0 Å². The van der Waals surface area contributed by atoms with Gasteiger partial charge in [0.2, 0.25) is 10.0 Å². The number of hydrogen-bond acceptors (Lipinski definition) is 5. The van der Waals surface area contributed by atoms with Crippen LogP contribution in [-0.4, -0.2) is 50.8 Å². The van der Waals surface area contributed by atoms with Crippen molar-refractivity contribution in [2.75, 3.05) is 36.9 Å². The summed E-state index contributed by atoms with van der Waals surface area (Å²) in [5.74, 6) is -0.708. The van der Waals surface area contributed by atoms with Crippen LogP contribution in [0, 0.1) is 0 Å². The van der Waals surface area contributed by atoms with E-state index in [0.717, 1.165) is 5.56 Å². The van der Waals surface area contributed by atoms with Crippen LogP contribution in [0.3, 0.4) is 0 Å². The van der Waals surface area contributed by atoms with Gasteiger partial charge in [0.05, 0.1) is 19.0 Å². The van der Waals surface area contributed by atoms with E-state index in [9.17, 15) is 18.0 Å². The minimum absolute atomic E-state index is 0.00246. The lowest BCUT2D eigenvalue weighted by atomic mass is 9.87. The number of nitrogens with zero attached hydrogens (tertiary/aromatic N) is 1. The van der Waals surface area contributed by atoms with Crippen LogP contribution < -0.4 is 10.6 Å². The van der Waals surface area contributed by atoms with E-state index in [1.165, 1.54) is 4.31 Å². The summed E-state index contributed by atoms with van der Waals surface area (Å²) in [4.78, 5) is 25.5. The predicted molar refractivity (Wildman–Crippen MR) is 149 cm³/mol. The number of rotatable bonds is 7. The van der Waals surface area contributed by atoms with Gasteiger partial charge in [-0.05, 0) is 59.0 Å². The lowest BCUT2D eigenvalue weighted by Gasteiger charge is -2.26. The van der Waals surface area contributed by atoms with E-state index in [1.54, 1.807) is 60.7 Å². The Kier molecular flexibility index (Phi) is 8.30. The Balaban J connectivity index is 1.36. The van der Waals surface area contributed by atoms with E-state index in [2.05, 4.69) is 31.4 Å². The molecule has 38 heavy (non-hydrogen) atoms. The maximum Gasteiger partial charge on any atom is 0.255 e. The van der Waals surface area contributed by atoms with Gasteiger partial charge in [0.25, 0.3) is 11.8 Å². The summed E-state index contributed by atoms with van der Waals surface area (Å²) in [6.45, 7) is 7.85. The van der Waals surface area contributed by atoms with Gasteiger partial charge in [0.15, 0.2) is 0 Å². The molecule has 1 aliphatic rings. The monoisotopic (exact) mass is 535 g/mol. The molecule has 9 heteroatoms. The van der Waals surface area contributed by atoms with Crippen molar-refractivity contribution >= 4 is 33.2 Å². The predicted octanol–water partition coefficient (Wildman–Crippen LogP) is 4.65. The summed E-state index contributed by atoms with van der Waals surface area (Å²) >= 11 is 0. The van der Waals surface area contributed by atoms with Crippen molar-refractivity contribution in [3.05, 3.63) is 95.1 Å². The third-order valence-electron chi connectivity index (χ3n) is 6.32. The molecule has 1 saturated heterocycles. The standard InChI is InChI=1S/C29H33N3O5S/c1-29(2,3)24-13-11-23(12-14-24)28(34)31-26-6-4-5-25(19-26)30-27(33)22-9-7-21(8-10-22)20-38(35,36)32-15-17-37-18-16-32/h4-14,19H,15-18,20H2,1-3H3,(H,30,33)(H,31,34). The zero-order valence-corrected chi connectivity index (χ0v) is 22.7. The fourth-order valence-electron chi connectivity index (χ4n) is 4.08. The van der Waals surface area contributed by atoms with Gasteiger partial charge in [-0.3, -0.25) is 9.59 Å². The zero-order valence-electron chi connectivity index (χ0n) is 21.9. The molecule has 2 amide bonds. The van der Waals surface area contributed by atoms with Crippen molar-refractivity contribution in [3.8, 4) is 0 Å². The Bertz CT molecular complexity index is 1390. The number of benzene rings is 3. The minimum Gasteiger partial charge on any atom is -0.379 e. The smallest absolute Gasteiger partial charge is 0.255 e. The number of nitrogens with one attached hydrogen (secondary N) is 2. The average Bonchev–Trinajstić information content (AvgIpc) is 2.89. The Morgan fingerprint density at radius 1 is 0.816 bits per heavy atom. The average molecular weight is 536 g/mol. The number of carbonyl (C=O) groups is 2. The molecule has 3 aromatic rings. The van der Waals surface area contributed by atoms with Crippen LogP contribution in [0.4, 0.5) is 11.4 Å². The number of sulfonamides is 1. The number of hydrogen-bond donors (Lipinski definition) is 2. The number of anilines is 2. The Morgan fingerprint density at radius 3 is 1.82 bits per heavy atom. The lowest BCUT2D eigenvalue weighted by molar-refractivity contribution is 0.0729. The van der Waals surface area contributed by atoms with Gasteiger partial charge in [0.1, 0.15) is 0 Å². The molecule has 0 saturated carbocycles. The topological polar surface area (TPSA) is 105 Å². The highest BCUT2D eigenvalue weighted by molar-refractivity contribution is 7.88. The van der Waals surface area contributed by atoms with Crippen LogP contribution in [0.25, 0.3) is 0 Å². The van der Waals surface area contributed by atoms with Crippen LogP contribution in [-0.2, 0) is 25.9 Å². The highest BCUT2D eigenvalue weighted by atomic mass is 32.2. The number of morpholine rings is 1. The maximum atomic E-state index is 12.8. The third-order valence-corrected chi connectivity index (χ3v) is 8.17. The molecule has 0 radical (unpaired) electrons. The number of carbonyl (C=O) groups excluding carboxylic acids is 2. The van der Waals surface area contributed by atoms with Crippen molar-refractivity contribution in [2.45, 2.75) is 31.9 Å². The molecule has 4 rings (SSSR count). The fourth-order valence-corrected chi connectivity index (χ4v) is 5.58. The Hall–Kier alpha value is -3.53. The summed E-state index contributed by atoms with van der Waals surface area (Å²) in [5, 5.41) is 5.69. The van der Waals surface area contributed by atoms with Gasteiger partial charge in [-0.2, -0.15) is 4.31 Å². The SMILES string of the molecule is CC(C)(C)c1ccc(C(=O)Nc2cccc(NC(=O)c3ccc(CS(=O)(=O)N4CCOCC4)cc3)c2)cc1. The van der Waals surface area contributed by atoms with Gasteiger partial charge in [-0.25, -0.2) is 8.42 Å². The number of amides is 2. The van der Waals surface area contributed by atoms with E-state index in [-0.39, 0.29) is 23.0 Å². The minimum atomic E-state index is -3.44. The first-order chi connectivity index (χ1) is 18.0. The molecular formula is C29H33N3O5S. The fraction of sp³-hybridized carbons (Fsp3) is 0.310. The van der Waals surface area contributed by atoms with Crippen LogP contribution in [0.5, 0.6) is 0 Å². The van der Waals surface area contributed by atoms with E-state index in [0.29, 0.717) is 54.4 Å². The summed E-state index contributed by atoms with van der Waals surface area (Å²) < 4.78 is 31.9. The lowest BCUT2D eigenvalue weighted by Crippen LogP contribution is -2.41. The third kappa shape index (κ3) is 7.06. The molecule has 0 bridgehead atoms. The van der Waals surface area contributed by atoms with Crippen LogP contribution in [0.15, 0.2) is 72.8 Å². The molecule has 0 aliphatic carbocycles. The van der Waals surface area contributed by atoms with E-state index < -0.39 is 10.0 Å². The second-order valence-corrected chi connectivity index (χ2v) is 12.2. The van der Waals surface area contributed by atoms with Crippen molar-refractivity contribution in [1.82, 2.24) is 4.31 Å². The first kappa shape index (κ1) is 27.5. The molecular weight excluding hydrogens is 502 g/mol. The number of ether oxygens (including phenoxy) is 1. The second kappa shape index (κ2) is 11.5. The summed E-state index contributed by atoms with van der Waals surface area (Å²) in [5.41, 5.74) is 3.77. The van der Waals surface area contributed by atoms with Crippen molar-refractivity contribution in [2.24, 2.45) is 0 Å². The Labute approximate surface area is 224 Å².